The fourth-order valence-corrected chi connectivity index (χ4v) is 4.31. The van der Waals surface area contributed by atoms with E-state index in [0.717, 1.165) is 25.7 Å². The first-order valence-corrected chi connectivity index (χ1v) is 10.2. The van der Waals surface area contributed by atoms with Gasteiger partial charge in [-0.2, -0.15) is 0 Å². The van der Waals surface area contributed by atoms with E-state index in [2.05, 4.69) is 36.1 Å². The normalized spacial score (nSPS) is 20.3. The van der Waals surface area contributed by atoms with Crippen molar-refractivity contribution >= 4 is 16.9 Å². The Hall–Kier alpha value is -2.44. The fraction of sp³-hybridized carbons (Fsp3) is 0.619. The van der Waals surface area contributed by atoms with E-state index in [0.29, 0.717) is 23.7 Å². The highest BCUT2D eigenvalue weighted by molar-refractivity contribution is 5.96. The molecule has 1 amide bonds. The van der Waals surface area contributed by atoms with Crippen LogP contribution in [0.1, 0.15) is 70.2 Å². The minimum atomic E-state index is -0.514. The number of hydrogen-bond donors (Lipinski definition) is 2. The summed E-state index contributed by atoms with van der Waals surface area (Å²) in [6, 6.07) is 1.65. The van der Waals surface area contributed by atoms with Crippen LogP contribution in [0.3, 0.4) is 0 Å². The van der Waals surface area contributed by atoms with Crippen LogP contribution in [0, 0.1) is 11.3 Å². The number of H-pyrrole nitrogens is 1. The Morgan fingerprint density at radius 3 is 2.68 bits per heavy atom. The maximum absolute atomic E-state index is 12.9. The topological polar surface area (TPSA) is 96.9 Å². The first-order valence-electron chi connectivity index (χ1n) is 10.2. The van der Waals surface area contributed by atoms with Gasteiger partial charge in [-0.3, -0.25) is 19.1 Å². The highest BCUT2D eigenvalue weighted by atomic mass is 16.2. The van der Waals surface area contributed by atoms with Crippen molar-refractivity contribution in [2.24, 2.45) is 11.3 Å². The minimum absolute atomic E-state index is 0.115. The summed E-state index contributed by atoms with van der Waals surface area (Å²) < 4.78 is 1.44. The largest absolute Gasteiger partial charge is 0.349 e. The van der Waals surface area contributed by atoms with E-state index in [1.54, 1.807) is 0 Å². The van der Waals surface area contributed by atoms with Crippen molar-refractivity contribution in [3.8, 4) is 0 Å². The third-order valence-electron chi connectivity index (χ3n) is 5.74. The number of carbonyl (C=O) groups is 1. The van der Waals surface area contributed by atoms with Gasteiger partial charge in [0, 0.05) is 18.8 Å². The van der Waals surface area contributed by atoms with Gasteiger partial charge in [0.25, 0.3) is 11.5 Å². The summed E-state index contributed by atoms with van der Waals surface area (Å²) in [6.07, 6.45) is 6.56. The maximum Gasteiger partial charge on any atom is 0.329 e. The van der Waals surface area contributed by atoms with E-state index < -0.39 is 11.2 Å². The summed E-state index contributed by atoms with van der Waals surface area (Å²) in [7, 11) is 0. The van der Waals surface area contributed by atoms with Crippen molar-refractivity contribution in [1.82, 2.24) is 19.9 Å². The Labute approximate surface area is 164 Å². The Balaban J connectivity index is 1.92. The molecule has 0 bridgehead atoms. The van der Waals surface area contributed by atoms with Crippen LogP contribution in [0.25, 0.3) is 11.0 Å². The van der Waals surface area contributed by atoms with Gasteiger partial charge < -0.3 is 5.32 Å². The van der Waals surface area contributed by atoms with Crippen LogP contribution in [-0.2, 0) is 6.54 Å². The second-order valence-corrected chi connectivity index (χ2v) is 8.84. The molecular formula is C21H30N4O3. The molecule has 28 heavy (non-hydrogen) atoms. The quantitative estimate of drug-likeness (QED) is 0.844. The molecule has 152 valence electrons. The van der Waals surface area contributed by atoms with Gasteiger partial charge in [-0.05, 0) is 36.7 Å². The molecule has 3 rings (SSSR count). The number of hydrogen-bond acceptors (Lipinski definition) is 4. The minimum Gasteiger partial charge on any atom is -0.349 e. The van der Waals surface area contributed by atoms with Crippen molar-refractivity contribution in [1.29, 1.82) is 0 Å². The highest BCUT2D eigenvalue weighted by Crippen LogP contribution is 2.38. The molecule has 1 fully saturated rings. The molecule has 2 aromatic rings. The lowest BCUT2D eigenvalue weighted by Crippen LogP contribution is -2.46. The van der Waals surface area contributed by atoms with Gasteiger partial charge in [0.2, 0.25) is 0 Å². The summed E-state index contributed by atoms with van der Waals surface area (Å²) in [5, 5.41) is 3.43. The van der Waals surface area contributed by atoms with E-state index in [4.69, 9.17) is 0 Å². The predicted octanol–water partition coefficient (Wildman–Crippen LogP) is 2.83. The molecule has 1 aliphatic rings. The van der Waals surface area contributed by atoms with Crippen molar-refractivity contribution in [3.05, 3.63) is 38.7 Å². The van der Waals surface area contributed by atoms with Crippen LogP contribution >= 0.6 is 0 Å². The summed E-state index contributed by atoms with van der Waals surface area (Å²) in [5.74, 6) is 0.194. The molecule has 0 spiro atoms. The van der Waals surface area contributed by atoms with Gasteiger partial charge in [-0.25, -0.2) is 9.78 Å². The number of nitrogens with zero attached hydrogens (tertiary/aromatic N) is 2. The van der Waals surface area contributed by atoms with Crippen molar-refractivity contribution in [2.45, 2.75) is 72.4 Å². The summed E-state index contributed by atoms with van der Waals surface area (Å²) in [5.41, 5.74) is -0.206. The monoisotopic (exact) mass is 386 g/mol. The van der Waals surface area contributed by atoms with Crippen LogP contribution in [0.4, 0.5) is 0 Å². The van der Waals surface area contributed by atoms with Crippen molar-refractivity contribution in [3.63, 3.8) is 0 Å². The van der Waals surface area contributed by atoms with Crippen LogP contribution in [0.15, 0.2) is 21.9 Å². The number of pyridine rings is 1. The highest BCUT2D eigenvalue weighted by Gasteiger charge is 2.35. The lowest BCUT2D eigenvalue weighted by molar-refractivity contribution is 0.0830. The number of aryl methyl sites for hydroxylation is 1. The van der Waals surface area contributed by atoms with Crippen molar-refractivity contribution in [2.75, 3.05) is 0 Å². The molecule has 0 radical (unpaired) electrons. The number of rotatable bonds is 4. The van der Waals surface area contributed by atoms with Gasteiger partial charge in [-0.1, -0.05) is 40.5 Å². The molecule has 0 saturated heterocycles. The number of aromatic amines is 1. The van der Waals surface area contributed by atoms with Crippen LogP contribution < -0.4 is 16.6 Å². The molecule has 0 aliphatic heterocycles. The maximum atomic E-state index is 12.9. The molecule has 0 unspecified atom stereocenters. The number of amides is 1. The number of aromatic nitrogens is 3. The summed E-state index contributed by atoms with van der Waals surface area (Å²) in [4.78, 5) is 43.8. The third kappa shape index (κ3) is 4.03. The molecule has 7 heteroatoms. The second kappa shape index (κ2) is 7.89. The molecule has 2 aromatic heterocycles. The molecular weight excluding hydrogens is 356 g/mol. The number of nitrogens with one attached hydrogen (secondary N) is 2. The first-order chi connectivity index (χ1) is 13.2. The van der Waals surface area contributed by atoms with E-state index >= 15 is 0 Å². The molecule has 0 aromatic carbocycles. The average Bonchev–Trinajstić information content (AvgIpc) is 2.64. The molecule has 1 aliphatic carbocycles. The number of fused-ring (bicyclic) bond motifs is 1. The Morgan fingerprint density at radius 2 is 2.00 bits per heavy atom. The summed E-state index contributed by atoms with van der Waals surface area (Å²) >= 11 is 0. The Kier molecular flexibility index (Phi) is 5.72. The first kappa shape index (κ1) is 20.3. The number of carbonyl (C=O) groups excluding carboxylic acids is 1. The zero-order chi connectivity index (χ0) is 20.5. The van der Waals surface area contributed by atoms with Gasteiger partial charge in [0.05, 0.1) is 10.9 Å². The molecule has 1 saturated carbocycles. The van der Waals surface area contributed by atoms with Gasteiger partial charge in [0.1, 0.15) is 5.65 Å². The van der Waals surface area contributed by atoms with Gasteiger partial charge >= 0.3 is 5.69 Å². The second-order valence-electron chi connectivity index (χ2n) is 8.84. The molecule has 7 nitrogen and oxygen atoms in total. The van der Waals surface area contributed by atoms with Crippen LogP contribution in [0.5, 0.6) is 0 Å². The van der Waals surface area contributed by atoms with Crippen LogP contribution in [0.2, 0.25) is 0 Å². The molecule has 2 heterocycles. The van der Waals surface area contributed by atoms with Gasteiger partial charge in [-0.15, -0.1) is 0 Å². The van der Waals surface area contributed by atoms with E-state index in [1.165, 1.54) is 23.3 Å². The lowest BCUT2D eigenvalue weighted by atomic mass is 9.69. The standard InChI is InChI=1S/C21H30N4O3/c1-5-10-25-17-14(19(27)24-20(25)28)11-13(12-22-17)18(26)23-16-9-7-6-8-15(16)21(2,3)4/h11-12,15-16H,5-10H2,1-4H3,(H,23,26)(H,24,27,28)/t15-,16-/m0/s1. The van der Waals surface area contributed by atoms with Crippen LogP contribution in [-0.4, -0.2) is 26.5 Å². The predicted molar refractivity (Wildman–Crippen MR) is 110 cm³/mol. The van der Waals surface area contributed by atoms with E-state index in [9.17, 15) is 14.4 Å². The van der Waals surface area contributed by atoms with E-state index in [-0.39, 0.29) is 22.8 Å². The SMILES string of the molecule is CCCn1c(=O)[nH]c(=O)c2cc(C(=O)N[C@H]3CCCC[C@@H]3C(C)(C)C)cnc21. The van der Waals surface area contributed by atoms with Crippen molar-refractivity contribution < 1.29 is 4.79 Å². The Morgan fingerprint density at radius 1 is 1.29 bits per heavy atom. The zero-order valence-corrected chi connectivity index (χ0v) is 17.2. The molecule has 2 atom stereocenters. The summed E-state index contributed by atoms with van der Waals surface area (Å²) in [6.45, 7) is 9.05. The van der Waals surface area contributed by atoms with E-state index in [1.807, 2.05) is 6.92 Å². The smallest absolute Gasteiger partial charge is 0.329 e. The zero-order valence-electron chi connectivity index (χ0n) is 17.2. The third-order valence-corrected chi connectivity index (χ3v) is 5.74. The fourth-order valence-electron chi connectivity index (χ4n) is 4.31. The average molecular weight is 386 g/mol. The van der Waals surface area contributed by atoms with Gasteiger partial charge in [0.15, 0.2) is 0 Å². The lowest BCUT2D eigenvalue weighted by Gasteiger charge is -2.40. The Bertz CT molecular complexity index is 984. The molecule has 2 N–H and O–H groups in total.